The van der Waals surface area contributed by atoms with Gasteiger partial charge < -0.3 is 10.5 Å². The number of benzene rings is 2. The topological polar surface area (TPSA) is 98.5 Å². The van der Waals surface area contributed by atoms with Crippen LogP contribution in [0.1, 0.15) is 40.4 Å². The summed E-state index contributed by atoms with van der Waals surface area (Å²) in [6.45, 7) is -2.91. The van der Waals surface area contributed by atoms with Crippen molar-refractivity contribution < 1.29 is 26.7 Å². The van der Waals surface area contributed by atoms with Crippen LogP contribution >= 0.6 is 0 Å². The monoisotopic (exact) mass is 396 g/mol. The van der Waals surface area contributed by atoms with E-state index in [-0.39, 0.29) is 16.2 Å². The van der Waals surface area contributed by atoms with Crippen molar-refractivity contribution in [1.29, 1.82) is 0 Å². The van der Waals surface area contributed by atoms with E-state index in [0.29, 0.717) is 19.3 Å². The van der Waals surface area contributed by atoms with E-state index in [1.807, 2.05) is 0 Å². The molecule has 0 aromatic heterocycles. The molecular weight excluding hydrogens is 378 g/mol. The van der Waals surface area contributed by atoms with Crippen molar-refractivity contribution >= 4 is 15.9 Å². The largest absolute Gasteiger partial charge is 0.435 e. The summed E-state index contributed by atoms with van der Waals surface area (Å²) < 4.78 is 57.1. The molecule has 0 saturated heterocycles. The van der Waals surface area contributed by atoms with Gasteiger partial charge in [-0.1, -0.05) is 6.07 Å². The third kappa shape index (κ3) is 4.42. The highest BCUT2D eigenvalue weighted by Gasteiger charge is 2.26. The molecule has 1 unspecified atom stereocenters. The Morgan fingerprint density at radius 2 is 1.89 bits per heavy atom. The van der Waals surface area contributed by atoms with Crippen LogP contribution in [-0.2, 0) is 16.4 Å². The van der Waals surface area contributed by atoms with Crippen molar-refractivity contribution in [3.05, 3.63) is 59.2 Å². The summed E-state index contributed by atoms with van der Waals surface area (Å²) in [4.78, 5) is 11.1. The molecule has 0 spiro atoms. The van der Waals surface area contributed by atoms with Gasteiger partial charge in [-0.2, -0.15) is 8.78 Å². The van der Waals surface area contributed by atoms with Crippen LogP contribution < -0.4 is 15.2 Å². The predicted molar refractivity (Wildman–Crippen MR) is 94.0 cm³/mol. The van der Waals surface area contributed by atoms with E-state index in [4.69, 9.17) is 5.73 Å². The van der Waals surface area contributed by atoms with Crippen molar-refractivity contribution in [3.8, 4) is 5.75 Å². The summed E-state index contributed by atoms with van der Waals surface area (Å²) in [7, 11) is -3.83. The van der Waals surface area contributed by atoms with Gasteiger partial charge in [-0.05, 0) is 66.8 Å². The van der Waals surface area contributed by atoms with Gasteiger partial charge in [0.05, 0.1) is 4.90 Å². The molecule has 1 atom stereocenters. The van der Waals surface area contributed by atoms with Gasteiger partial charge in [0.25, 0.3) is 0 Å². The van der Waals surface area contributed by atoms with E-state index < -0.39 is 28.6 Å². The third-order valence-corrected chi connectivity index (χ3v) is 5.89. The number of nitrogens with one attached hydrogen (secondary N) is 1. The Kier molecular flexibility index (Phi) is 5.43. The zero-order valence-electron chi connectivity index (χ0n) is 14.2. The molecule has 1 aliphatic carbocycles. The molecule has 1 aliphatic rings. The van der Waals surface area contributed by atoms with Crippen LogP contribution in [0.25, 0.3) is 0 Å². The Balaban J connectivity index is 1.83. The van der Waals surface area contributed by atoms with E-state index >= 15 is 0 Å². The van der Waals surface area contributed by atoms with Gasteiger partial charge in [-0.15, -0.1) is 0 Å². The van der Waals surface area contributed by atoms with Crippen LogP contribution in [0.2, 0.25) is 0 Å². The number of hydrogen-bond donors (Lipinski definition) is 2. The number of nitrogens with two attached hydrogens (primary N) is 1. The smallest absolute Gasteiger partial charge is 0.387 e. The predicted octanol–water partition coefficient (Wildman–Crippen LogP) is 2.74. The van der Waals surface area contributed by atoms with E-state index in [1.54, 1.807) is 6.07 Å². The number of primary amides is 1. The highest BCUT2D eigenvalue weighted by atomic mass is 32.2. The number of rotatable bonds is 6. The fraction of sp³-hybridized carbons (Fsp3) is 0.278. The maximum absolute atomic E-state index is 12.7. The lowest BCUT2D eigenvalue weighted by Gasteiger charge is -2.26. The van der Waals surface area contributed by atoms with Gasteiger partial charge in [-0.25, -0.2) is 13.1 Å². The molecule has 0 heterocycles. The number of aryl methyl sites for hydroxylation is 1. The van der Waals surface area contributed by atoms with Gasteiger partial charge in [0.2, 0.25) is 15.9 Å². The fourth-order valence-corrected chi connectivity index (χ4v) is 4.39. The zero-order valence-corrected chi connectivity index (χ0v) is 15.0. The average molecular weight is 396 g/mol. The minimum Gasteiger partial charge on any atom is -0.435 e. The lowest BCUT2D eigenvalue weighted by atomic mass is 9.88. The summed E-state index contributed by atoms with van der Waals surface area (Å²) in [5.74, 6) is -0.593. The second-order valence-corrected chi connectivity index (χ2v) is 7.91. The Bertz CT molecular complexity index is 946. The van der Waals surface area contributed by atoms with Crippen molar-refractivity contribution in [2.45, 2.75) is 36.8 Å². The first kappa shape index (κ1) is 19.2. The number of alkyl halides is 2. The molecule has 144 valence electrons. The van der Waals surface area contributed by atoms with E-state index in [2.05, 4.69) is 9.46 Å². The van der Waals surface area contributed by atoms with Gasteiger partial charge >= 0.3 is 6.61 Å². The Hall–Kier alpha value is -2.52. The maximum Gasteiger partial charge on any atom is 0.387 e. The van der Waals surface area contributed by atoms with Crippen LogP contribution in [0.5, 0.6) is 5.75 Å². The number of carbonyl (C=O) groups excluding carboxylic acids is 1. The number of carbonyl (C=O) groups is 1. The molecule has 27 heavy (non-hydrogen) atoms. The normalized spacial score (nSPS) is 16.8. The van der Waals surface area contributed by atoms with E-state index in [0.717, 1.165) is 11.1 Å². The molecule has 2 aromatic carbocycles. The zero-order chi connectivity index (χ0) is 19.6. The summed E-state index contributed by atoms with van der Waals surface area (Å²) in [5, 5.41) is 0. The number of amides is 1. The summed E-state index contributed by atoms with van der Waals surface area (Å²) in [6.07, 6.45) is 1.95. The average Bonchev–Trinajstić information content (AvgIpc) is 2.61. The Morgan fingerprint density at radius 3 is 2.52 bits per heavy atom. The Labute approximate surface area is 155 Å². The number of ether oxygens (including phenoxy) is 1. The van der Waals surface area contributed by atoms with Crippen LogP contribution in [-0.4, -0.2) is 20.9 Å². The molecule has 3 N–H and O–H groups in total. The molecule has 0 bridgehead atoms. The highest BCUT2D eigenvalue weighted by Crippen LogP contribution is 2.33. The van der Waals surface area contributed by atoms with Crippen molar-refractivity contribution in [2.75, 3.05) is 0 Å². The molecule has 1 amide bonds. The van der Waals surface area contributed by atoms with Gasteiger partial charge in [0.1, 0.15) is 5.75 Å². The second kappa shape index (κ2) is 7.61. The number of halogens is 2. The third-order valence-electron chi connectivity index (χ3n) is 4.40. The molecule has 0 fully saturated rings. The number of hydrogen-bond acceptors (Lipinski definition) is 4. The van der Waals surface area contributed by atoms with E-state index in [1.165, 1.54) is 36.4 Å². The summed E-state index contributed by atoms with van der Waals surface area (Å²) >= 11 is 0. The first-order chi connectivity index (χ1) is 12.8. The molecule has 6 nitrogen and oxygen atoms in total. The lowest BCUT2D eigenvalue weighted by Crippen LogP contribution is -2.31. The first-order valence-electron chi connectivity index (χ1n) is 8.26. The van der Waals surface area contributed by atoms with Crippen molar-refractivity contribution in [1.82, 2.24) is 4.72 Å². The highest BCUT2D eigenvalue weighted by molar-refractivity contribution is 7.89. The van der Waals surface area contributed by atoms with Crippen LogP contribution in [0.3, 0.4) is 0 Å². The standard InChI is InChI=1S/C18H18F2N2O4S/c19-18(20)26-13-6-9-15-12(10-13)2-1-3-16(15)22-27(24,25)14-7-4-11(5-8-14)17(21)23/h4-10,16,18,22H,1-3H2,(H2,21,23). The molecule has 3 rings (SSSR count). The second-order valence-electron chi connectivity index (χ2n) is 6.19. The fourth-order valence-electron chi connectivity index (χ4n) is 3.14. The minimum absolute atomic E-state index is 0.0114. The lowest BCUT2D eigenvalue weighted by molar-refractivity contribution is -0.0499. The van der Waals surface area contributed by atoms with E-state index in [9.17, 15) is 22.0 Å². The maximum atomic E-state index is 12.7. The first-order valence-corrected chi connectivity index (χ1v) is 9.74. The summed E-state index contributed by atoms with van der Waals surface area (Å²) in [6, 6.07) is 9.37. The van der Waals surface area contributed by atoms with Crippen molar-refractivity contribution in [3.63, 3.8) is 0 Å². The molecule has 2 aromatic rings. The molecule has 9 heteroatoms. The molecular formula is C18H18F2N2O4S. The number of sulfonamides is 1. The molecule has 0 saturated carbocycles. The molecule has 0 radical (unpaired) electrons. The van der Waals surface area contributed by atoms with Crippen molar-refractivity contribution in [2.24, 2.45) is 5.73 Å². The van der Waals surface area contributed by atoms with Crippen LogP contribution in [0.15, 0.2) is 47.4 Å². The van der Waals surface area contributed by atoms with Gasteiger partial charge in [0.15, 0.2) is 0 Å². The number of fused-ring (bicyclic) bond motifs is 1. The quantitative estimate of drug-likeness (QED) is 0.784. The Morgan fingerprint density at radius 1 is 1.19 bits per heavy atom. The van der Waals surface area contributed by atoms with Crippen LogP contribution in [0.4, 0.5) is 8.78 Å². The SMILES string of the molecule is NC(=O)c1ccc(S(=O)(=O)NC2CCCc3cc(OC(F)F)ccc32)cc1. The van der Waals surface area contributed by atoms with Gasteiger partial charge in [-0.3, -0.25) is 4.79 Å². The summed E-state index contributed by atoms with van der Waals surface area (Å²) in [5.41, 5.74) is 6.88. The van der Waals surface area contributed by atoms with Gasteiger partial charge in [0, 0.05) is 11.6 Å². The minimum atomic E-state index is -3.83. The molecule has 0 aliphatic heterocycles. The van der Waals surface area contributed by atoms with Crippen LogP contribution in [0, 0.1) is 0 Å².